The van der Waals surface area contributed by atoms with Crippen molar-refractivity contribution >= 4 is 15.7 Å². The van der Waals surface area contributed by atoms with Crippen molar-refractivity contribution < 1.29 is 17.9 Å². The minimum absolute atomic E-state index is 0.134. The van der Waals surface area contributed by atoms with Crippen molar-refractivity contribution in [3.63, 3.8) is 0 Å². The molecular formula is C21H27NO4S. The third-order valence-electron chi connectivity index (χ3n) is 4.54. The topological polar surface area (TPSA) is 72.5 Å². The summed E-state index contributed by atoms with van der Waals surface area (Å²) in [5, 5.41) is 2.42. The number of aryl methyl sites for hydroxylation is 1. The van der Waals surface area contributed by atoms with Crippen LogP contribution in [-0.2, 0) is 25.8 Å². The first kappa shape index (κ1) is 21.1. The van der Waals surface area contributed by atoms with Crippen LogP contribution in [0.4, 0.5) is 0 Å². The molecule has 0 unspecified atom stereocenters. The molecule has 0 bridgehead atoms. The molecular weight excluding hydrogens is 362 g/mol. The maximum absolute atomic E-state index is 12.3. The molecule has 2 rings (SSSR count). The zero-order chi connectivity index (χ0) is 20.0. The predicted molar refractivity (Wildman–Crippen MR) is 106 cm³/mol. The number of amides is 1. The molecule has 0 saturated carbocycles. The average molecular weight is 390 g/mol. The highest BCUT2D eigenvalue weighted by Crippen LogP contribution is 2.20. The van der Waals surface area contributed by atoms with Crippen LogP contribution >= 0.6 is 0 Å². The van der Waals surface area contributed by atoms with Crippen LogP contribution in [0.2, 0.25) is 0 Å². The van der Waals surface area contributed by atoms with Gasteiger partial charge in [0.15, 0.2) is 9.84 Å². The number of carbonyl (C=O) groups is 1. The number of carbonyl (C=O) groups excluding carboxylic acids is 1. The predicted octanol–water partition coefficient (Wildman–Crippen LogP) is 3.22. The van der Waals surface area contributed by atoms with Crippen LogP contribution < -0.4 is 5.32 Å². The van der Waals surface area contributed by atoms with E-state index in [-0.39, 0.29) is 23.3 Å². The fourth-order valence-electron chi connectivity index (χ4n) is 2.79. The van der Waals surface area contributed by atoms with E-state index in [0.717, 1.165) is 16.7 Å². The molecule has 0 radical (unpaired) electrons. The summed E-state index contributed by atoms with van der Waals surface area (Å²) < 4.78 is 29.8. The zero-order valence-electron chi connectivity index (χ0n) is 16.2. The van der Waals surface area contributed by atoms with Gasteiger partial charge in [0.05, 0.1) is 22.7 Å². The third kappa shape index (κ3) is 5.40. The number of hydrogen-bond acceptors (Lipinski definition) is 4. The molecule has 1 amide bonds. The average Bonchev–Trinajstić information content (AvgIpc) is 2.64. The molecule has 0 fully saturated rings. The number of nitrogens with one attached hydrogen (secondary N) is 1. The van der Waals surface area contributed by atoms with Gasteiger partial charge in [-0.3, -0.25) is 4.79 Å². The Morgan fingerprint density at radius 1 is 1.07 bits per heavy atom. The molecule has 6 heteroatoms. The van der Waals surface area contributed by atoms with Crippen molar-refractivity contribution in [3.05, 3.63) is 65.2 Å². The molecule has 1 atom stereocenters. The molecule has 0 heterocycles. The second-order valence-corrected chi connectivity index (χ2v) is 9.30. The van der Waals surface area contributed by atoms with Crippen molar-refractivity contribution in [1.29, 1.82) is 0 Å². The summed E-state index contributed by atoms with van der Waals surface area (Å²) in [5.41, 5.74) is 2.92. The molecule has 2 aromatic rings. The fourth-order valence-corrected chi connectivity index (χ4v) is 3.85. The zero-order valence-corrected chi connectivity index (χ0v) is 17.0. The highest BCUT2D eigenvalue weighted by atomic mass is 32.2. The van der Waals surface area contributed by atoms with Crippen LogP contribution in [0.5, 0.6) is 0 Å². The molecule has 0 aliphatic carbocycles. The van der Waals surface area contributed by atoms with E-state index < -0.39 is 15.1 Å². The van der Waals surface area contributed by atoms with E-state index in [2.05, 4.69) is 5.32 Å². The van der Waals surface area contributed by atoms with E-state index in [9.17, 15) is 13.2 Å². The SMILES string of the molecule is CO[C@H](CNC(=O)Cc1ccc(S(=O)(=O)C(C)C)cc1)c1ccccc1C. The number of benzene rings is 2. The normalized spacial score (nSPS) is 12.8. The monoisotopic (exact) mass is 389 g/mol. The maximum Gasteiger partial charge on any atom is 0.224 e. The van der Waals surface area contributed by atoms with Crippen LogP contribution in [0.25, 0.3) is 0 Å². The summed E-state index contributed by atoms with van der Waals surface area (Å²) in [7, 11) is -1.68. The van der Waals surface area contributed by atoms with Crippen molar-refractivity contribution in [2.75, 3.05) is 13.7 Å². The Bertz CT molecular complexity index is 873. The van der Waals surface area contributed by atoms with Gasteiger partial charge in [0.1, 0.15) is 0 Å². The Labute approximate surface area is 161 Å². The van der Waals surface area contributed by atoms with Crippen molar-refractivity contribution in [2.45, 2.75) is 43.4 Å². The lowest BCUT2D eigenvalue weighted by molar-refractivity contribution is -0.121. The number of methoxy groups -OCH3 is 1. The smallest absolute Gasteiger partial charge is 0.224 e. The number of rotatable bonds is 8. The molecule has 0 saturated heterocycles. The summed E-state index contributed by atoms with van der Waals surface area (Å²) >= 11 is 0. The van der Waals surface area contributed by atoms with Gasteiger partial charge < -0.3 is 10.1 Å². The highest BCUT2D eigenvalue weighted by Gasteiger charge is 2.19. The number of ether oxygens (including phenoxy) is 1. The van der Waals surface area contributed by atoms with Crippen LogP contribution in [-0.4, -0.2) is 33.2 Å². The summed E-state index contributed by atoms with van der Waals surface area (Å²) in [6.45, 7) is 5.69. The summed E-state index contributed by atoms with van der Waals surface area (Å²) in [5.74, 6) is -0.134. The minimum Gasteiger partial charge on any atom is -0.375 e. The molecule has 0 spiro atoms. The van der Waals surface area contributed by atoms with E-state index in [1.54, 1.807) is 45.2 Å². The molecule has 1 N–H and O–H groups in total. The quantitative estimate of drug-likeness (QED) is 0.752. The van der Waals surface area contributed by atoms with E-state index in [0.29, 0.717) is 6.54 Å². The first-order valence-electron chi connectivity index (χ1n) is 8.93. The third-order valence-corrected chi connectivity index (χ3v) is 6.71. The lowest BCUT2D eigenvalue weighted by atomic mass is 10.0. The molecule has 0 aliphatic heterocycles. The largest absolute Gasteiger partial charge is 0.375 e. The van der Waals surface area contributed by atoms with Crippen LogP contribution in [0.15, 0.2) is 53.4 Å². The van der Waals surface area contributed by atoms with Crippen molar-refractivity contribution in [1.82, 2.24) is 5.32 Å². The summed E-state index contributed by atoms with van der Waals surface area (Å²) in [6, 6.07) is 14.4. The van der Waals surface area contributed by atoms with Gasteiger partial charge >= 0.3 is 0 Å². The van der Waals surface area contributed by atoms with E-state index in [1.165, 1.54) is 0 Å². The summed E-state index contributed by atoms with van der Waals surface area (Å²) in [6.07, 6.45) is -0.0274. The van der Waals surface area contributed by atoms with Gasteiger partial charge in [-0.25, -0.2) is 8.42 Å². The minimum atomic E-state index is -3.30. The molecule has 0 aromatic heterocycles. The van der Waals surface area contributed by atoms with Crippen molar-refractivity contribution in [2.24, 2.45) is 0 Å². The lowest BCUT2D eigenvalue weighted by Gasteiger charge is -2.18. The molecule has 146 valence electrons. The fraction of sp³-hybridized carbons (Fsp3) is 0.381. The van der Waals surface area contributed by atoms with Gasteiger partial charge in [-0.05, 0) is 49.6 Å². The standard InChI is InChI=1S/C21H27NO4S/c1-15(2)27(24,25)18-11-9-17(10-12-18)13-21(23)22-14-20(26-4)19-8-6-5-7-16(19)3/h5-12,15,20H,13-14H2,1-4H3,(H,22,23)/t20-/m1/s1. The summed E-state index contributed by atoms with van der Waals surface area (Å²) in [4.78, 5) is 12.5. The van der Waals surface area contributed by atoms with Gasteiger partial charge in [0.2, 0.25) is 5.91 Å². The van der Waals surface area contributed by atoms with Crippen LogP contribution in [0, 0.1) is 6.92 Å². The van der Waals surface area contributed by atoms with E-state index in [1.807, 2.05) is 31.2 Å². The Morgan fingerprint density at radius 3 is 2.26 bits per heavy atom. The first-order chi connectivity index (χ1) is 12.8. The van der Waals surface area contributed by atoms with Gasteiger partial charge in [0.25, 0.3) is 0 Å². The molecule has 2 aromatic carbocycles. The van der Waals surface area contributed by atoms with E-state index >= 15 is 0 Å². The number of sulfone groups is 1. The Kier molecular flexibility index (Phi) is 7.16. The lowest BCUT2D eigenvalue weighted by Crippen LogP contribution is -2.30. The molecule has 5 nitrogen and oxygen atoms in total. The van der Waals surface area contributed by atoms with Crippen molar-refractivity contribution in [3.8, 4) is 0 Å². The maximum atomic E-state index is 12.3. The van der Waals surface area contributed by atoms with Crippen LogP contribution in [0.3, 0.4) is 0 Å². The Hall–Kier alpha value is -2.18. The van der Waals surface area contributed by atoms with E-state index in [4.69, 9.17) is 4.74 Å². The van der Waals surface area contributed by atoms with Gasteiger partial charge in [0, 0.05) is 13.7 Å². The van der Waals surface area contributed by atoms with Gasteiger partial charge in [-0.2, -0.15) is 0 Å². The Balaban J connectivity index is 1.96. The first-order valence-corrected chi connectivity index (χ1v) is 10.5. The number of hydrogen-bond donors (Lipinski definition) is 1. The molecule has 0 aliphatic rings. The van der Waals surface area contributed by atoms with Gasteiger partial charge in [-0.1, -0.05) is 36.4 Å². The van der Waals surface area contributed by atoms with Gasteiger partial charge in [-0.15, -0.1) is 0 Å². The Morgan fingerprint density at radius 2 is 1.70 bits per heavy atom. The second kappa shape index (κ2) is 9.15. The highest BCUT2D eigenvalue weighted by molar-refractivity contribution is 7.92. The van der Waals surface area contributed by atoms with Crippen LogP contribution in [0.1, 0.15) is 36.6 Å². The second-order valence-electron chi connectivity index (χ2n) is 6.80. The molecule has 27 heavy (non-hydrogen) atoms.